The van der Waals surface area contributed by atoms with Crippen LogP contribution < -0.4 is 10.2 Å². The number of nitrogens with zero attached hydrogens (tertiary/aromatic N) is 2. The van der Waals surface area contributed by atoms with E-state index in [0.29, 0.717) is 0 Å². The molecule has 0 bridgehead atoms. The maximum absolute atomic E-state index is 5.62. The molecule has 132 valence electrons. The highest BCUT2D eigenvalue weighted by atomic mass is 32.1. The number of thiocarbonyl (C=S) groups is 1. The molecule has 0 aliphatic carbocycles. The molecule has 0 aromatic heterocycles. The van der Waals surface area contributed by atoms with Gasteiger partial charge in [-0.2, -0.15) is 0 Å². The van der Waals surface area contributed by atoms with E-state index in [1.165, 1.54) is 35.2 Å². The minimum atomic E-state index is 0.751. The summed E-state index contributed by atoms with van der Waals surface area (Å²) in [6.45, 7) is 7.34. The summed E-state index contributed by atoms with van der Waals surface area (Å²) >= 11 is 5.62. The number of anilines is 2. The van der Waals surface area contributed by atoms with Crippen LogP contribution in [0.2, 0.25) is 0 Å². The standard InChI is InChI=1S/C21H27N3S/c1-16-12-17(2)14-19(13-16)22-21(25)23(3)15-18-8-4-5-9-20(18)24-10-6-7-11-24/h4-5,8-9,12-14H,6-7,10-11,15H2,1-3H3,(H,22,25). The Morgan fingerprint density at radius 2 is 1.72 bits per heavy atom. The molecule has 0 saturated carbocycles. The zero-order chi connectivity index (χ0) is 17.8. The maximum atomic E-state index is 5.62. The summed E-state index contributed by atoms with van der Waals surface area (Å²) in [4.78, 5) is 4.60. The quantitative estimate of drug-likeness (QED) is 0.801. The van der Waals surface area contributed by atoms with E-state index in [0.717, 1.165) is 30.4 Å². The van der Waals surface area contributed by atoms with Crippen LogP contribution in [0, 0.1) is 13.8 Å². The van der Waals surface area contributed by atoms with Crippen LogP contribution in [0.4, 0.5) is 11.4 Å². The van der Waals surface area contributed by atoms with Crippen LogP contribution in [0.3, 0.4) is 0 Å². The summed E-state index contributed by atoms with van der Waals surface area (Å²) in [5, 5.41) is 4.13. The Morgan fingerprint density at radius 3 is 2.40 bits per heavy atom. The van der Waals surface area contributed by atoms with Crippen LogP contribution in [-0.4, -0.2) is 30.1 Å². The third-order valence-corrected chi connectivity index (χ3v) is 5.08. The van der Waals surface area contributed by atoms with E-state index in [-0.39, 0.29) is 0 Å². The molecule has 0 unspecified atom stereocenters. The average molecular weight is 354 g/mol. The van der Waals surface area contributed by atoms with Gasteiger partial charge in [0.1, 0.15) is 0 Å². The van der Waals surface area contributed by atoms with Gasteiger partial charge in [0.15, 0.2) is 5.11 Å². The van der Waals surface area contributed by atoms with Crippen molar-refractivity contribution in [2.24, 2.45) is 0 Å². The average Bonchev–Trinajstić information content (AvgIpc) is 3.08. The number of benzene rings is 2. The number of para-hydroxylation sites is 1. The van der Waals surface area contributed by atoms with Gasteiger partial charge in [-0.3, -0.25) is 0 Å². The molecule has 0 radical (unpaired) electrons. The summed E-state index contributed by atoms with van der Waals surface area (Å²) in [7, 11) is 2.05. The maximum Gasteiger partial charge on any atom is 0.173 e. The van der Waals surface area contributed by atoms with E-state index in [2.05, 4.69) is 78.5 Å². The molecule has 3 nitrogen and oxygen atoms in total. The molecule has 2 aromatic carbocycles. The summed E-state index contributed by atoms with van der Waals surface area (Å²) in [6, 6.07) is 15.1. The Kier molecular flexibility index (Phi) is 5.59. The van der Waals surface area contributed by atoms with Crippen molar-refractivity contribution in [3.63, 3.8) is 0 Å². The van der Waals surface area contributed by atoms with Gasteiger partial charge in [0, 0.05) is 38.1 Å². The van der Waals surface area contributed by atoms with Gasteiger partial charge in [0.05, 0.1) is 0 Å². The first-order valence-electron chi connectivity index (χ1n) is 8.96. The Hall–Kier alpha value is -2.07. The number of rotatable bonds is 4. The van der Waals surface area contributed by atoms with E-state index < -0.39 is 0 Å². The lowest BCUT2D eigenvalue weighted by atomic mass is 10.1. The fourth-order valence-corrected chi connectivity index (χ4v) is 3.69. The van der Waals surface area contributed by atoms with Crippen LogP contribution in [0.5, 0.6) is 0 Å². The molecule has 1 fully saturated rings. The third-order valence-electron chi connectivity index (χ3n) is 4.67. The van der Waals surface area contributed by atoms with Gasteiger partial charge in [-0.05, 0) is 73.8 Å². The summed E-state index contributed by atoms with van der Waals surface area (Å²) in [5.74, 6) is 0. The van der Waals surface area contributed by atoms with Crippen molar-refractivity contribution in [1.29, 1.82) is 0 Å². The minimum Gasteiger partial charge on any atom is -0.371 e. The van der Waals surface area contributed by atoms with Crippen molar-refractivity contribution in [2.45, 2.75) is 33.2 Å². The van der Waals surface area contributed by atoms with Gasteiger partial charge in [-0.15, -0.1) is 0 Å². The zero-order valence-corrected chi connectivity index (χ0v) is 16.2. The SMILES string of the molecule is Cc1cc(C)cc(NC(=S)N(C)Cc2ccccc2N2CCCC2)c1. The lowest BCUT2D eigenvalue weighted by Gasteiger charge is -2.26. The van der Waals surface area contributed by atoms with E-state index in [1.807, 2.05) is 0 Å². The lowest BCUT2D eigenvalue weighted by Crippen LogP contribution is -2.31. The molecule has 25 heavy (non-hydrogen) atoms. The molecule has 1 N–H and O–H groups in total. The van der Waals surface area contributed by atoms with Crippen molar-refractivity contribution in [1.82, 2.24) is 4.90 Å². The van der Waals surface area contributed by atoms with Crippen molar-refractivity contribution in [3.8, 4) is 0 Å². The first-order valence-corrected chi connectivity index (χ1v) is 9.37. The normalized spacial score (nSPS) is 13.8. The largest absolute Gasteiger partial charge is 0.371 e. The van der Waals surface area contributed by atoms with Gasteiger partial charge in [0.2, 0.25) is 0 Å². The molecule has 0 atom stereocenters. The molecule has 1 saturated heterocycles. The second-order valence-corrected chi connectivity index (χ2v) is 7.37. The fourth-order valence-electron chi connectivity index (χ4n) is 3.50. The summed E-state index contributed by atoms with van der Waals surface area (Å²) in [6.07, 6.45) is 2.58. The van der Waals surface area contributed by atoms with Crippen molar-refractivity contribution >= 4 is 28.7 Å². The van der Waals surface area contributed by atoms with Crippen LogP contribution in [-0.2, 0) is 6.54 Å². The molecule has 3 rings (SSSR count). The minimum absolute atomic E-state index is 0.751. The van der Waals surface area contributed by atoms with Crippen LogP contribution in [0.15, 0.2) is 42.5 Å². The Balaban J connectivity index is 1.69. The first kappa shape index (κ1) is 17.7. The number of hydrogen-bond donors (Lipinski definition) is 1. The van der Waals surface area contributed by atoms with Gasteiger partial charge in [-0.1, -0.05) is 24.3 Å². The molecule has 1 heterocycles. The van der Waals surface area contributed by atoms with Crippen molar-refractivity contribution < 1.29 is 0 Å². The Bertz CT molecular complexity index is 730. The zero-order valence-electron chi connectivity index (χ0n) is 15.4. The van der Waals surface area contributed by atoms with E-state index >= 15 is 0 Å². The highest BCUT2D eigenvalue weighted by Crippen LogP contribution is 2.25. The monoisotopic (exact) mass is 353 g/mol. The van der Waals surface area contributed by atoms with Gasteiger partial charge in [0.25, 0.3) is 0 Å². The molecule has 1 aliphatic heterocycles. The fraction of sp³-hybridized carbons (Fsp3) is 0.381. The van der Waals surface area contributed by atoms with Crippen molar-refractivity contribution in [3.05, 3.63) is 59.2 Å². The molecule has 4 heteroatoms. The number of aryl methyl sites for hydroxylation is 2. The van der Waals surface area contributed by atoms with Crippen LogP contribution in [0.25, 0.3) is 0 Å². The second kappa shape index (κ2) is 7.87. The molecular formula is C21H27N3S. The number of nitrogens with one attached hydrogen (secondary N) is 1. The van der Waals surface area contributed by atoms with Gasteiger partial charge in [-0.25, -0.2) is 0 Å². The third kappa shape index (κ3) is 4.51. The smallest absolute Gasteiger partial charge is 0.173 e. The first-order chi connectivity index (χ1) is 12.0. The van der Waals surface area contributed by atoms with Crippen LogP contribution in [0.1, 0.15) is 29.5 Å². The Labute approximate surface area is 156 Å². The van der Waals surface area contributed by atoms with Gasteiger partial charge >= 0.3 is 0 Å². The molecule has 0 spiro atoms. The predicted octanol–water partition coefficient (Wildman–Crippen LogP) is 4.73. The van der Waals surface area contributed by atoms with E-state index in [4.69, 9.17) is 12.2 Å². The lowest BCUT2D eigenvalue weighted by molar-refractivity contribution is 0.508. The topological polar surface area (TPSA) is 18.5 Å². The molecule has 1 aliphatic rings. The van der Waals surface area contributed by atoms with E-state index in [9.17, 15) is 0 Å². The summed E-state index contributed by atoms with van der Waals surface area (Å²) in [5.41, 5.74) is 6.22. The van der Waals surface area contributed by atoms with Crippen LogP contribution >= 0.6 is 12.2 Å². The highest BCUT2D eigenvalue weighted by molar-refractivity contribution is 7.80. The second-order valence-electron chi connectivity index (χ2n) is 6.99. The molecule has 0 amide bonds. The van der Waals surface area contributed by atoms with E-state index in [1.54, 1.807) is 0 Å². The predicted molar refractivity (Wildman–Crippen MR) is 111 cm³/mol. The molecule has 2 aromatic rings. The summed E-state index contributed by atoms with van der Waals surface area (Å²) < 4.78 is 0. The van der Waals surface area contributed by atoms with Crippen molar-refractivity contribution in [2.75, 3.05) is 30.4 Å². The Morgan fingerprint density at radius 1 is 1.08 bits per heavy atom. The highest BCUT2D eigenvalue weighted by Gasteiger charge is 2.16. The van der Waals surface area contributed by atoms with Gasteiger partial charge < -0.3 is 15.1 Å². The molecular weight excluding hydrogens is 326 g/mol. The number of hydrogen-bond acceptors (Lipinski definition) is 2.